The third-order valence-electron chi connectivity index (χ3n) is 12.3. The molecule has 6 heteroatoms. The van der Waals surface area contributed by atoms with Gasteiger partial charge in [0, 0.05) is 75.2 Å². The predicted octanol–water partition coefficient (Wildman–Crippen LogP) is 15.6. The van der Waals surface area contributed by atoms with E-state index in [9.17, 15) is 0 Å². The number of hydrogen-bond donors (Lipinski definition) is 0. The first kappa shape index (κ1) is 35.6. The van der Waals surface area contributed by atoms with Gasteiger partial charge < -0.3 is 8.98 Å². The number of benzene rings is 9. The minimum absolute atomic E-state index is 0.581. The van der Waals surface area contributed by atoms with Gasteiger partial charge in [0.1, 0.15) is 11.2 Å². The second kappa shape index (κ2) is 14.2. The number of nitrogens with zero attached hydrogens (tertiary/aromatic N) is 4. The maximum Gasteiger partial charge on any atom is 0.164 e. The molecule has 0 fully saturated rings. The minimum Gasteiger partial charge on any atom is -0.455 e. The Kier molecular flexibility index (Phi) is 8.01. The Balaban J connectivity index is 1.04. The van der Waals surface area contributed by atoms with Crippen molar-refractivity contribution in [2.24, 2.45) is 0 Å². The standard InChI is InChI=1S/C57H34N4OS/c1-3-17-35(18-4-1)55-58-56(43-23-8-7-21-37(43)39-25-16-34-50-52(39)44-24-10-12-33-49(44)63-50)60-57(59-55)46-30-15-32-48-51(46)45-29-14-28-42(54(45)62-48)41-27-13-26-40-38-22-9-11-31-47(38)61(53(40)41)36-19-5-2-6-20-36/h1-34H. The highest BCUT2D eigenvalue weighted by Gasteiger charge is 2.23. The number of rotatable bonds is 6. The van der Waals surface area contributed by atoms with E-state index in [1.807, 2.05) is 41.7 Å². The van der Waals surface area contributed by atoms with Gasteiger partial charge in [0.2, 0.25) is 0 Å². The summed E-state index contributed by atoms with van der Waals surface area (Å²) < 4.78 is 11.9. The van der Waals surface area contributed by atoms with Gasteiger partial charge >= 0.3 is 0 Å². The number of para-hydroxylation sites is 4. The average Bonchev–Trinajstić information content (AvgIpc) is 4.04. The number of furan rings is 1. The molecule has 4 aromatic heterocycles. The summed E-state index contributed by atoms with van der Waals surface area (Å²) >= 11 is 1.82. The Bertz CT molecular complexity index is 3920. The predicted molar refractivity (Wildman–Crippen MR) is 262 cm³/mol. The minimum atomic E-state index is 0.581. The van der Waals surface area contributed by atoms with E-state index in [1.165, 1.54) is 30.9 Å². The van der Waals surface area contributed by atoms with Gasteiger partial charge in [0.15, 0.2) is 17.5 Å². The molecular weight excluding hydrogens is 789 g/mol. The van der Waals surface area contributed by atoms with E-state index in [-0.39, 0.29) is 0 Å². The van der Waals surface area contributed by atoms with Gasteiger partial charge in [0.25, 0.3) is 0 Å². The first-order chi connectivity index (χ1) is 31.3. The Hall–Kier alpha value is -8.19. The molecule has 0 saturated carbocycles. The third kappa shape index (κ3) is 5.59. The molecule has 0 aliphatic rings. The quantitative estimate of drug-likeness (QED) is 0.168. The molecule has 63 heavy (non-hydrogen) atoms. The lowest BCUT2D eigenvalue weighted by molar-refractivity contribution is 0.670. The number of thiophene rings is 1. The van der Waals surface area contributed by atoms with Crippen LogP contribution < -0.4 is 0 Å². The van der Waals surface area contributed by atoms with Crippen molar-refractivity contribution >= 4 is 75.3 Å². The van der Waals surface area contributed by atoms with Crippen molar-refractivity contribution in [1.82, 2.24) is 19.5 Å². The summed E-state index contributed by atoms with van der Waals surface area (Å²) in [6, 6.07) is 72.4. The lowest BCUT2D eigenvalue weighted by atomic mass is 9.95. The molecule has 13 rings (SSSR count). The van der Waals surface area contributed by atoms with Crippen LogP contribution in [0.1, 0.15) is 0 Å². The van der Waals surface area contributed by atoms with Crippen molar-refractivity contribution in [1.29, 1.82) is 0 Å². The van der Waals surface area contributed by atoms with Crippen LogP contribution in [0.4, 0.5) is 0 Å². The molecule has 0 atom stereocenters. The van der Waals surface area contributed by atoms with E-state index in [2.05, 4.69) is 180 Å². The molecule has 0 saturated heterocycles. The summed E-state index contributed by atoms with van der Waals surface area (Å²) in [6.07, 6.45) is 0. The third-order valence-corrected chi connectivity index (χ3v) is 13.4. The molecule has 0 amide bonds. The van der Waals surface area contributed by atoms with E-state index >= 15 is 0 Å². The van der Waals surface area contributed by atoms with Crippen molar-refractivity contribution in [2.75, 3.05) is 0 Å². The monoisotopic (exact) mass is 822 g/mol. The summed E-state index contributed by atoms with van der Waals surface area (Å²) in [4.78, 5) is 15.9. The topological polar surface area (TPSA) is 56.7 Å². The zero-order valence-corrected chi connectivity index (χ0v) is 34.6. The van der Waals surface area contributed by atoms with Gasteiger partial charge in [-0.1, -0.05) is 170 Å². The van der Waals surface area contributed by atoms with Gasteiger partial charge in [-0.25, -0.2) is 15.0 Å². The van der Waals surface area contributed by atoms with Gasteiger partial charge in [-0.3, -0.25) is 0 Å². The van der Waals surface area contributed by atoms with Crippen molar-refractivity contribution in [3.63, 3.8) is 0 Å². The summed E-state index contributed by atoms with van der Waals surface area (Å²) in [7, 11) is 0. The largest absolute Gasteiger partial charge is 0.455 e. The molecule has 0 radical (unpaired) electrons. The second-order valence-corrected chi connectivity index (χ2v) is 16.9. The summed E-state index contributed by atoms with van der Waals surface area (Å²) in [5.41, 5.74) is 12.1. The van der Waals surface area contributed by atoms with Crippen LogP contribution >= 0.6 is 11.3 Å². The Labute approximate surface area is 365 Å². The van der Waals surface area contributed by atoms with Crippen LogP contribution in [0.15, 0.2) is 211 Å². The van der Waals surface area contributed by atoms with Crippen LogP contribution in [0.2, 0.25) is 0 Å². The Morgan fingerprint density at radius 1 is 0.365 bits per heavy atom. The molecule has 0 aliphatic carbocycles. The first-order valence-electron chi connectivity index (χ1n) is 21.1. The van der Waals surface area contributed by atoms with Crippen LogP contribution in [0.25, 0.3) is 126 Å². The maximum absolute atomic E-state index is 6.96. The molecular formula is C57H34N4OS. The van der Waals surface area contributed by atoms with Crippen molar-refractivity contribution in [3.05, 3.63) is 206 Å². The van der Waals surface area contributed by atoms with Gasteiger partial charge in [-0.2, -0.15) is 0 Å². The van der Waals surface area contributed by atoms with Crippen molar-refractivity contribution in [3.8, 4) is 62.1 Å². The molecule has 9 aromatic carbocycles. The zero-order chi connectivity index (χ0) is 41.4. The van der Waals surface area contributed by atoms with Crippen molar-refractivity contribution in [2.45, 2.75) is 0 Å². The van der Waals surface area contributed by atoms with Crippen LogP contribution in [0.5, 0.6) is 0 Å². The first-order valence-corrected chi connectivity index (χ1v) is 21.9. The molecule has 0 aliphatic heterocycles. The lowest BCUT2D eigenvalue weighted by Gasteiger charge is -2.13. The summed E-state index contributed by atoms with van der Waals surface area (Å²) in [6.45, 7) is 0. The highest BCUT2D eigenvalue weighted by molar-refractivity contribution is 7.25. The van der Waals surface area contributed by atoms with Crippen molar-refractivity contribution < 1.29 is 4.42 Å². The normalized spacial score (nSPS) is 11.8. The van der Waals surface area contributed by atoms with Crippen LogP contribution in [0, 0.1) is 0 Å². The molecule has 0 bridgehead atoms. The SMILES string of the molecule is c1ccc(-c2nc(-c3ccccc3-c3cccc4sc5ccccc5c34)nc(-c3cccc4oc5c(-c6cccc7c8ccccc8n(-c8ccccc8)c67)cccc5c34)n2)cc1. The fourth-order valence-electron chi connectivity index (χ4n) is 9.57. The molecule has 5 nitrogen and oxygen atoms in total. The highest BCUT2D eigenvalue weighted by Crippen LogP contribution is 2.46. The summed E-state index contributed by atoms with van der Waals surface area (Å²) in [5, 5.41) is 6.85. The average molecular weight is 823 g/mol. The van der Waals surface area contributed by atoms with Gasteiger partial charge in [0.05, 0.1) is 11.0 Å². The fourth-order valence-corrected chi connectivity index (χ4v) is 10.7. The van der Waals surface area contributed by atoms with E-state index in [0.29, 0.717) is 17.5 Å². The molecule has 0 unspecified atom stereocenters. The molecule has 0 spiro atoms. The summed E-state index contributed by atoms with van der Waals surface area (Å²) in [5.74, 6) is 1.80. The lowest BCUT2D eigenvalue weighted by Crippen LogP contribution is -2.01. The smallest absolute Gasteiger partial charge is 0.164 e. The number of aromatic nitrogens is 4. The Morgan fingerprint density at radius 2 is 0.937 bits per heavy atom. The fraction of sp³-hybridized carbons (Fsp3) is 0. The molecule has 0 N–H and O–H groups in total. The van der Waals surface area contributed by atoms with Crippen LogP contribution in [-0.4, -0.2) is 19.5 Å². The molecule has 13 aromatic rings. The van der Waals surface area contributed by atoms with E-state index in [4.69, 9.17) is 19.4 Å². The van der Waals surface area contributed by atoms with E-state index in [1.54, 1.807) is 0 Å². The van der Waals surface area contributed by atoms with Crippen LogP contribution in [-0.2, 0) is 0 Å². The number of hydrogen-bond acceptors (Lipinski definition) is 5. The highest BCUT2D eigenvalue weighted by atomic mass is 32.1. The van der Waals surface area contributed by atoms with Gasteiger partial charge in [-0.15, -0.1) is 11.3 Å². The second-order valence-electron chi connectivity index (χ2n) is 15.8. The zero-order valence-electron chi connectivity index (χ0n) is 33.7. The Morgan fingerprint density at radius 3 is 1.79 bits per heavy atom. The molecule has 294 valence electrons. The van der Waals surface area contributed by atoms with Crippen LogP contribution in [0.3, 0.4) is 0 Å². The van der Waals surface area contributed by atoms with E-state index < -0.39 is 0 Å². The molecule has 4 heterocycles. The maximum atomic E-state index is 6.96. The number of fused-ring (bicyclic) bond motifs is 9. The van der Waals surface area contributed by atoms with Gasteiger partial charge in [-0.05, 0) is 47.5 Å². The van der Waals surface area contributed by atoms with E-state index in [0.717, 1.165) is 77.6 Å².